The maximum Gasteiger partial charge on any atom is 0.339 e. The molecule has 0 aliphatic rings. The monoisotopic (exact) mass is 449 g/mol. The molecule has 2 aromatic heterocycles. The van der Waals surface area contributed by atoms with Crippen molar-refractivity contribution in [2.24, 2.45) is 0 Å². The van der Waals surface area contributed by atoms with Crippen LogP contribution in [0.5, 0.6) is 5.75 Å². The van der Waals surface area contributed by atoms with E-state index in [-0.39, 0.29) is 25.3 Å². The zero-order chi connectivity index (χ0) is 23.5. The zero-order valence-corrected chi connectivity index (χ0v) is 18.6. The van der Waals surface area contributed by atoms with Gasteiger partial charge in [0.2, 0.25) is 5.91 Å². The van der Waals surface area contributed by atoms with Gasteiger partial charge in [-0.25, -0.2) is 14.2 Å². The molecule has 0 bridgehead atoms. The van der Waals surface area contributed by atoms with Crippen molar-refractivity contribution in [2.45, 2.75) is 33.2 Å². The standard InChI is InChI=1S/C25H24FN3O4/c1-15-19-6-5-18(32-3)13-23(19)33-25(31)20(15)7-9-24(30)28-14-17-4-8-22(21(26)12-17)29-11-10-27-16(29)2/h4-6,8,10-13H,7,9,14H2,1-3H3,(H,28,30). The number of aromatic nitrogens is 2. The first-order valence-electron chi connectivity index (χ1n) is 10.5. The Kier molecular flexibility index (Phi) is 6.26. The number of aryl methyl sites for hydroxylation is 2. The smallest absolute Gasteiger partial charge is 0.339 e. The molecule has 170 valence electrons. The summed E-state index contributed by atoms with van der Waals surface area (Å²) in [5.74, 6) is 0.645. The molecule has 0 atom stereocenters. The molecule has 8 heteroatoms. The Balaban J connectivity index is 1.40. The van der Waals surface area contributed by atoms with Gasteiger partial charge in [0, 0.05) is 42.4 Å². The van der Waals surface area contributed by atoms with Gasteiger partial charge in [-0.3, -0.25) is 4.79 Å². The number of hydrogen-bond donors (Lipinski definition) is 1. The predicted molar refractivity (Wildman–Crippen MR) is 122 cm³/mol. The minimum Gasteiger partial charge on any atom is -0.497 e. The Bertz CT molecular complexity index is 1390. The first kappa shape index (κ1) is 22.3. The van der Waals surface area contributed by atoms with Crippen LogP contribution < -0.4 is 15.7 Å². The van der Waals surface area contributed by atoms with Crippen LogP contribution in [0.3, 0.4) is 0 Å². The Labute approximate surface area is 189 Å². The van der Waals surface area contributed by atoms with Crippen LogP contribution >= 0.6 is 0 Å². The van der Waals surface area contributed by atoms with E-state index in [1.165, 1.54) is 6.07 Å². The van der Waals surface area contributed by atoms with Gasteiger partial charge in [0.05, 0.1) is 12.8 Å². The summed E-state index contributed by atoms with van der Waals surface area (Å²) in [5, 5.41) is 3.58. The van der Waals surface area contributed by atoms with Crippen LogP contribution in [0, 0.1) is 19.7 Å². The van der Waals surface area contributed by atoms with Gasteiger partial charge >= 0.3 is 5.63 Å². The molecule has 4 rings (SSSR count). The molecule has 0 unspecified atom stereocenters. The number of halogens is 1. The third-order valence-corrected chi connectivity index (χ3v) is 5.68. The highest BCUT2D eigenvalue weighted by molar-refractivity contribution is 5.82. The van der Waals surface area contributed by atoms with Crippen molar-refractivity contribution < 1.29 is 18.3 Å². The van der Waals surface area contributed by atoms with E-state index in [0.29, 0.717) is 34.0 Å². The molecule has 0 saturated heterocycles. The highest BCUT2D eigenvalue weighted by atomic mass is 19.1. The summed E-state index contributed by atoms with van der Waals surface area (Å²) in [6, 6.07) is 10.1. The highest BCUT2D eigenvalue weighted by Crippen LogP contribution is 2.24. The molecule has 7 nitrogen and oxygen atoms in total. The van der Waals surface area contributed by atoms with Crippen LogP contribution in [-0.4, -0.2) is 22.6 Å². The quantitative estimate of drug-likeness (QED) is 0.431. The minimum atomic E-state index is -0.464. The van der Waals surface area contributed by atoms with E-state index < -0.39 is 11.4 Å². The molecular formula is C25H24FN3O4. The molecule has 2 aromatic carbocycles. The largest absolute Gasteiger partial charge is 0.497 e. The predicted octanol–water partition coefficient (Wildman–Crippen LogP) is 3.99. The average molecular weight is 449 g/mol. The number of nitrogens with one attached hydrogen (secondary N) is 1. The second-order valence-corrected chi connectivity index (χ2v) is 7.76. The molecule has 0 aliphatic heterocycles. The molecule has 0 radical (unpaired) electrons. The summed E-state index contributed by atoms with van der Waals surface area (Å²) < 4.78 is 26.8. The fraction of sp³-hybridized carbons (Fsp3) is 0.240. The van der Waals surface area contributed by atoms with Crippen molar-refractivity contribution in [1.29, 1.82) is 0 Å². The molecule has 1 N–H and O–H groups in total. The number of ether oxygens (including phenoxy) is 1. The van der Waals surface area contributed by atoms with E-state index >= 15 is 0 Å². The maximum atomic E-state index is 14.5. The van der Waals surface area contributed by atoms with Crippen LogP contribution in [0.1, 0.15) is 28.9 Å². The number of methoxy groups -OCH3 is 1. The summed E-state index contributed by atoms with van der Waals surface area (Å²) >= 11 is 0. The summed E-state index contributed by atoms with van der Waals surface area (Å²) in [5.41, 5.74) is 2.27. The van der Waals surface area contributed by atoms with E-state index in [1.807, 2.05) is 13.0 Å². The number of nitrogens with zero attached hydrogens (tertiary/aromatic N) is 2. The summed E-state index contributed by atoms with van der Waals surface area (Å²) in [4.78, 5) is 28.9. The summed E-state index contributed by atoms with van der Waals surface area (Å²) in [7, 11) is 1.54. The number of imidazole rings is 1. The number of benzene rings is 2. The third-order valence-electron chi connectivity index (χ3n) is 5.68. The van der Waals surface area contributed by atoms with E-state index in [0.717, 1.165) is 10.9 Å². The second-order valence-electron chi connectivity index (χ2n) is 7.76. The van der Waals surface area contributed by atoms with Crippen molar-refractivity contribution in [3.8, 4) is 11.4 Å². The van der Waals surface area contributed by atoms with Crippen LogP contribution in [0.2, 0.25) is 0 Å². The van der Waals surface area contributed by atoms with Gasteiger partial charge in [-0.2, -0.15) is 0 Å². The van der Waals surface area contributed by atoms with E-state index in [2.05, 4.69) is 10.3 Å². The van der Waals surface area contributed by atoms with Crippen LogP contribution in [0.25, 0.3) is 16.7 Å². The molecule has 0 aliphatic carbocycles. The average Bonchev–Trinajstić information content (AvgIpc) is 3.22. The SMILES string of the molecule is COc1ccc2c(C)c(CCC(=O)NCc3ccc(-n4ccnc4C)c(F)c3)c(=O)oc2c1. The summed E-state index contributed by atoms with van der Waals surface area (Å²) in [6.45, 7) is 3.82. The van der Waals surface area contributed by atoms with Crippen molar-refractivity contribution in [3.63, 3.8) is 0 Å². The summed E-state index contributed by atoms with van der Waals surface area (Å²) in [6.07, 6.45) is 3.66. The van der Waals surface area contributed by atoms with Crippen molar-refractivity contribution in [1.82, 2.24) is 14.9 Å². The molecule has 33 heavy (non-hydrogen) atoms. The van der Waals surface area contributed by atoms with Crippen LogP contribution in [0.15, 0.2) is 58.0 Å². The van der Waals surface area contributed by atoms with E-state index in [4.69, 9.17) is 9.15 Å². The van der Waals surface area contributed by atoms with Gasteiger partial charge in [0.1, 0.15) is 23.0 Å². The maximum absolute atomic E-state index is 14.5. The first-order valence-corrected chi connectivity index (χ1v) is 10.5. The lowest BCUT2D eigenvalue weighted by molar-refractivity contribution is -0.121. The molecule has 0 saturated carbocycles. The Morgan fingerprint density at radius 3 is 2.73 bits per heavy atom. The van der Waals surface area contributed by atoms with Crippen molar-refractivity contribution in [2.75, 3.05) is 7.11 Å². The topological polar surface area (TPSA) is 86.4 Å². The molecule has 2 heterocycles. The molecule has 4 aromatic rings. The Morgan fingerprint density at radius 2 is 2.03 bits per heavy atom. The number of fused-ring (bicyclic) bond motifs is 1. The number of amides is 1. The lowest BCUT2D eigenvalue weighted by Crippen LogP contribution is -2.24. The van der Waals surface area contributed by atoms with Crippen molar-refractivity contribution >= 4 is 16.9 Å². The van der Waals surface area contributed by atoms with Crippen LogP contribution in [-0.2, 0) is 17.8 Å². The zero-order valence-electron chi connectivity index (χ0n) is 18.6. The van der Waals surface area contributed by atoms with Crippen LogP contribution in [0.4, 0.5) is 4.39 Å². The van der Waals surface area contributed by atoms with Gasteiger partial charge in [0.25, 0.3) is 0 Å². The molecular weight excluding hydrogens is 425 g/mol. The number of carbonyl (C=O) groups excluding carboxylic acids is 1. The lowest BCUT2D eigenvalue weighted by atomic mass is 10.0. The normalized spacial score (nSPS) is 11.0. The van der Waals surface area contributed by atoms with Gasteiger partial charge < -0.3 is 19.0 Å². The Morgan fingerprint density at radius 1 is 1.21 bits per heavy atom. The minimum absolute atomic E-state index is 0.113. The molecule has 0 fully saturated rings. The van der Waals surface area contributed by atoms with Gasteiger partial charge in [-0.1, -0.05) is 6.07 Å². The number of hydrogen-bond acceptors (Lipinski definition) is 5. The number of carbonyl (C=O) groups is 1. The van der Waals surface area contributed by atoms with Gasteiger partial charge in [0.15, 0.2) is 0 Å². The first-order chi connectivity index (χ1) is 15.9. The highest BCUT2D eigenvalue weighted by Gasteiger charge is 2.14. The third kappa shape index (κ3) is 4.64. The van der Waals surface area contributed by atoms with E-state index in [9.17, 15) is 14.0 Å². The number of rotatable bonds is 7. The molecule has 1 amide bonds. The lowest BCUT2D eigenvalue weighted by Gasteiger charge is -2.11. The Hall–Kier alpha value is -3.94. The van der Waals surface area contributed by atoms with Crippen molar-refractivity contribution in [3.05, 3.63) is 87.5 Å². The second kappa shape index (κ2) is 9.28. The fourth-order valence-electron chi connectivity index (χ4n) is 3.81. The molecule has 0 spiro atoms. The fourth-order valence-corrected chi connectivity index (χ4v) is 3.81. The van der Waals surface area contributed by atoms with E-state index in [1.54, 1.807) is 55.3 Å². The van der Waals surface area contributed by atoms with Gasteiger partial charge in [-0.05, 0) is 55.7 Å². The van der Waals surface area contributed by atoms with Gasteiger partial charge in [-0.15, -0.1) is 0 Å².